The molecule has 0 aromatic heterocycles. The lowest BCUT2D eigenvalue weighted by Gasteiger charge is -1.90. The summed E-state index contributed by atoms with van der Waals surface area (Å²) in [6, 6.07) is 5.65. The fourth-order valence-corrected chi connectivity index (χ4v) is 0.747. The molecule has 0 heterocycles. The molecule has 6 nitrogen and oxygen atoms in total. The summed E-state index contributed by atoms with van der Waals surface area (Å²) in [6.45, 7) is 0. The van der Waals surface area contributed by atoms with E-state index in [4.69, 9.17) is 5.39 Å². The van der Waals surface area contributed by atoms with Gasteiger partial charge in [0.2, 0.25) is 0 Å². The number of hydrogen-bond donors (Lipinski definition) is 1. The van der Waals surface area contributed by atoms with Gasteiger partial charge in [-0.3, -0.25) is 10.1 Å². The van der Waals surface area contributed by atoms with E-state index < -0.39 is 4.92 Å². The van der Waals surface area contributed by atoms with Gasteiger partial charge in [-0.1, -0.05) is 6.07 Å². The minimum absolute atomic E-state index is 0.0522. The molecule has 12 heavy (non-hydrogen) atoms. The molecule has 0 unspecified atom stereocenters. The molecule has 60 valence electrons. The summed E-state index contributed by atoms with van der Waals surface area (Å²) < 4.78 is 0. The zero-order chi connectivity index (χ0) is 8.97. The van der Waals surface area contributed by atoms with Crippen molar-refractivity contribution in [3.05, 3.63) is 39.5 Å². The Bertz CT molecular complexity index is 344. The van der Waals surface area contributed by atoms with Crippen LogP contribution in [0, 0.1) is 15.5 Å². The molecule has 0 aliphatic heterocycles. The molecule has 0 saturated heterocycles. The lowest BCUT2D eigenvalue weighted by Crippen LogP contribution is -1.89. The molecule has 0 atom stereocenters. The van der Waals surface area contributed by atoms with Crippen molar-refractivity contribution in [3.63, 3.8) is 0 Å². The standard InChI is InChI=1S/C6H5N4O2/c7-9-8-5-2-1-3-6(4-5)10(11)12/h1-4,8H/q+1. The molecule has 0 bridgehead atoms. The zero-order valence-electron chi connectivity index (χ0n) is 5.97. The number of benzene rings is 1. The number of non-ortho nitro benzene ring substituents is 1. The largest absolute Gasteiger partial charge is 0.308 e. The highest BCUT2D eigenvalue weighted by Crippen LogP contribution is 2.16. The molecule has 0 amide bonds. The summed E-state index contributed by atoms with van der Waals surface area (Å²) in [7, 11) is 0. The van der Waals surface area contributed by atoms with Gasteiger partial charge < -0.3 is 0 Å². The first kappa shape index (κ1) is 7.94. The molecule has 0 aliphatic rings. The van der Waals surface area contributed by atoms with Crippen molar-refractivity contribution in [2.75, 3.05) is 5.43 Å². The number of rotatable bonds is 2. The van der Waals surface area contributed by atoms with Crippen LogP contribution in [0.25, 0.3) is 5.08 Å². The lowest BCUT2D eigenvalue weighted by atomic mass is 10.3. The molecule has 1 rings (SSSR count). The van der Waals surface area contributed by atoms with Crippen LogP contribution in [-0.4, -0.2) is 4.92 Å². The Morgan fingerprint density at radius 2 is 2.33 bits per heavy atom. The van der Waals surface area contributed by atoms with Gasteiger partial charge in [-0.15, -0.1) is 0 Å². The highest BCUT2D eigenvalue weighted by molar-refractivity contribution is 5.51. The fraction of sp³-hybridized carbons (Fsp3) is 0. The Hall–Kier alpha value is -2.16. The van der Waals surface area contributed by atoms with E-state index in [1.807, 2.05) is 0 Å². The summed E-state index contributed by atoms with van der Waals surface area (Å²) in [4.78, 5) is 9.72. The zero-order valence-corrected chi connectivity index (χ0v) is 5.97. The second-order valence-corrected chi connectivity index (χ2v) is 2.02. The maximum Gasteiger partial charge on any atom is 0.308 e. The van der Waals surface area contributed by atoms with Crippen LogP contribution in [0.15, 0.2) is 24.3 Å². The Morgan fingerprint density at radius 3 is 2.92 bits per heavy atom. The lowest BCUT2D eigenvalue weighted by molar-refractivity contribution is -0.384. The van der Waals surface area contributed by atoms with Gasteiger partial charge in [0.05, 0.1) is 4.92 Å². The SMILES string of the molecule is N#[N+]Nc1cccc([N+](=O)[O-])c1. The number of hydrogen-bond acceptors (Lipinski definition) is 4. The molecule has 0 aliphatic carbocycles. The van der Waals surface area contributed by atoms with E-state index in [9.17, 15) is 10.1 Å². The van der Waals surface area contributed by atoms with Gasteiger partial charge in [-0.25, -0.2) is 0 Å². The van der Waals surface area contributed by atoms with Gasteiger partial charge in [-0.05, 0) is 11.5 Å². The number of nitrogens with one attached hydrogen (secondary N) is 1. The van der Waals surface area contributed by atoms with Gasteiger partial charge in [-0.2, -0.15) is 0 Å². The summed E-state index contributed by atoms with van der Waals surface area (Å²) in [5.74, 6) is 0. The van der Waals surface area contributed by atoms with Crippen molar-refractivity contribution in [3.8, 4) is 0 Å². The summed E-state index contributed by atoms with van der Waals surface area (Å²) >= 11 is 0. The molecular formula is C6H5N4O2+. The number of nitrogens with zero attached hydrogens (tertiary/aromatic N) is 3. The van der Waals surface area contributed by atoms with Crippen LogP contribution in [0.3, 0.4) is 0 Å². The summed E-state index contributed by atoms with van der Waals surface area (Å²) in [5.41, 5.74) is 2.49. The summed E-state index contributed by atoms with van der Waals surface area (Å²) in [6.07, 6.45) is 0. The quantitative estimate of drug-likeness (QED) is 0.411. The predicted molar refractivity (Wildman–Crippen MR) is 41.8 cm³/mol. The number of nitro benzene ring substituents is 1. The van der Waals surface area contributed by atoms with Crippen LogP contribution in [0.1, 0.15) is 0 Å². The molecule has 1 aromatic rings. The highest BCUT2D eigenvalue weighted by atomic mass is 16.6. The highest BCUT2D eigenvalue weighted by Gasteiger charge is 2.06. The van der Waals surface area contributed by atoms with Crippen LogP contribution in [-0.2, 0) is 0 Å². The van der Waals surface area contributed by atoms with Crippen molar-refractivity contribution in [2.45, 2.75) is 0 Å². The average molecular weight is 165 g/mol. The Morgan fingerprint density at radius 1 is 1.58 bits per heavy atom. The topological polar surface area (TPSA) is 83.3 Å². The first-order valence-corrected chi connectivity index (χ1v) is 3.08. The monoisotopic (exact) mass is 165 g/mol. The van der Waals surface area contributed by atoms with E-state index >= 15 is 0 Å². The molecule has 1 N–H and O–H groups in total. The first-order chi connectivity index (χ1) is 5.74. The number of anilines is 1. The van der Waals surface area contributed by atoms with Crippen LogP contribution < -0.4 is 5.43 Å². The van der Waals surface area contributed by atoms with Crippen LogP contribution >= 0.6 is 0 Å². The molecule has 0 radical (unpaired) electrons. The minimum atomic E-state index is -0.525. The first-order valence-electron chi connectivity index (χ1n) is 3.08. The smallest absolute Gasteiger partial charge is 0.258 e. The van der Waals surface area contributed by atoms with E-state index in [2.05, 4.69) is 10.5 Å². The van der Waals surface area contributed by atoms with Gasteiger partial charge in [0.1, 0.15) is 5.69 Å². The second-order valence-electron chi connectivity index (χ2n) is 2.02. The van der Waals surface area contributed by atoms with Crippen LogP contribution in [0.4, 0.5) is 11.4 Å². The minimum Gasteiger partial charge on any atom is -0.258 e. The van der Waals surface area contributed by atoms with Crippen molar-refractivity contribution >= 4 is 11.4 Å². The Balaban J connectivity index is 2.97. The summed E-state index contributed by atoms with van der Waals surface area (Å²) in [5, 5.41) is 21.0. The van der Waals surface area contributed by atoms with Gasteiger partial charge in [0.25, 0.3) is 11.1 Å². The maximum atomic E-state index is 10.2. The van der Waals surface area contributed by atoms with Crippen molar-refractivity contribution in [1.29, 1.82) is 5.39 Å². The van der Waals surface area contributed by atoms with Crippen molar-refractivity contribution in [2.24, 2.45) is 0 Å². The molecule has 6 heteroatoms. The van der Waals surface area contributed by atoms with Crippen LogP contribution in [0.2, 0.25) is 0 Å². The Labute approximate surface area is 67.6 Å². The normalized spacial score (nSPS) is 8.58. The third-order valence-corrected chi connectivity index (χ3v) is 1.24. The van der Waals surface area contributed by atoms with E-state index in [-0.39, 0.29) is 5.69 Å². The van der Waals surface area contributed by atoms with E-state index in [1.54, 1.807) is 6.07 Å². The molecule has 1 aromatic carbocycles. The molecule has 0 saturated carbocycles. The fourth-order valence-electron chi connectivity index (χ4n) is 0.747. The molecule has 0 fully saturated rings. The van der Waals surface area contributed by atoms with E-state index in [0.29, 0.717) is 5.69 Å². The second kappa shape index (κ2) is 3.30. The number of nitro groups is 1. The molecule has 0 spiro atoms. The maximum absolute atomic E-state index is 10.2. The van der Waals surface area contributed by atoms with Crippen molar-refractivity contribution in [1.82, 2.24) is 0 Å². The van der Waals surface area contributed by atoms with Gasteiger partial charge >= 0.3 is 5.08 Å². The van der Waals surface area contributed by atoms with Crippen LogP contribution in [0.5, 0.6) is 0 Å². The third kappa shape index (κ3) is 1.67. The van der Waals surface area contributed by atoms with Gasteiger partial charge in [0.15, 0.2) is 0 Å². The number of diazo groups is 1. The van der Waals surface area contributed by atoms with Crippen molar-refractivity contribution < 1.29 is 4.92 Å². The van der Waals surface area contributed by atoms with Gasteiger partial charge in [0, 0.05) is 12.1 Å². The van der Waals surface area contributed by atoms with E-state index in [0.717, 1.165) is 0 Å². The third-order valence-electron chi connectivity index (χ3n) is 1.24. The van der Waals surface area contributed by atoms with E-state index in [1.165, 1.54) is 18.2 Å². The Kier molecular flexibility index (Phi) is 2.18. The average Bonchev–Trinajstić information content (AvgIpc) is 2.05. The predicted octanol–water partition coefficient (Wildman–Crippen LogP) is 1.77. The molecular weight excluding hydrogens is 160 g/mol.